The van der Waals surface area contributed by atoms with Gasteiger partial charge in [-0.1, -0.05) is 29.8 Å². The summed E-state index contributed by atoms with van der Waals surface area (Å²) in [7, 11) is 2.99. The third-order valence-corrected chi connectivity index (χ3v) is 5.76. The largest absolute Gasteiger partial charge is 0.465 e. The van der Waals surface area contributed by atoms with Gasteiger partial charge in [0.05, 0.1) is 20.2 Å². The highest BCUT2D eigenvalue weighted by Crippen LogP contribution is 2.39. The van der Waals surface area contributed by atoms with Crippen LogP contribution in [-0.2, 0) is 14.3 Å². The average Bonchev–Trinajstić information content (AvgIpc) is 3.11. The fourth-order valence-corrected chi connectivity index (χ4v) is 4.21. The normalized spacial score (nSPS) is 10.7. The number of ether oxygens (including phenoxy) is 1. The van der Waals surface area contributed by atoms with E-state index >= 15 is 0 Å². The minimum atomic E-state index is -0.563. The van der Waals surface area contributed by atoms with Crippen LogP contribution in [0.3, 0.4) is 0 Å². The van der Waals surface area contributed by atoms with Crippen molar-refractivity contribution in [3.63, 3.8) is 0 Å². The summed E-state index contributed by atoms with van der Waals surface area (Å²) in [4.78, 5) is 40.5. The number of thiophene rings is 1. The van der Waals surface area contributed by atoms with Gasteiger partial charge in [0.15, 0.2) is 0 Å². The highest BCUT2D eigenvalue weighted by Gasteiger charge is 2.24. The molecule has 2 rings (SSSR count). The summed E-state index contributed by atoms with van der Waals surface area (Å²) in [6, 6.07) is 7.15. The molecule has 0 fully saturated rings. The van der Waals surface area contributed by atoms with Crippen molar-refractivity contribution in [2.45, 2.75) is 13.8 Å². The molecule has 0 saturated heterocycles. The number of carbonyl (C=O) groups excluding carboxylic acids is 3. The fraction of sp³-hybridized carbons (Fsp3) is 0.381. The number of rotatable bonds is 9. The van der Waals surface area contributed by atoms with Gasteiger partial charge in [-0.05, 0) is 27.0 Å². The molecule has 1 aromatic carbocycles. The summed E-state index contributed by atoms with van der Waals surface area (Å²) >= 11 is 7.50. The molecule has 1 heterocycles. The van der Waals surface area contributed by atoms with Gasteiger partial charge in [0.25, 0.3) is 0 Å². The molecule has 0 bridgehead atoms. The Kier molecular flexibility index (Phi) is 8.83. The maximum Gasteiger partial charge on any atom is 0.341 e. The van der Waals surface area contributed by atoms with Crippen molar-refractivity contribution < 1.29 is 19.1 Å². The van der Waals surface area contributed by atoms with E-state index in [1.165, 1.54) is 18.4 Å². The Bertz CT molecular complexity index is 911. The minimum Gasteiger partial charge on any atom is -0.465 e. The maximum absolute atomic E-state index is 12.5. The Balaban J connectivity index is 2.16. The Morgan fingerprint density at radius 1 is 1.10 bits per heavy atom. The Hall–Kier alpha value is -2.42. The number of amides is 2. The van der Waals surface area contributed by atoms with Gasteiger partial charge in [-0.3, -0.25) is 14.5 Å². The smallest absolute Gasteiger partial charge is 0.341 e. The van der Waals surface area contributed by atoms with Gasteiger partial charge in [-0.25, -0.2) is 4.79 Å². The number of methoxy groups -OCH3 is 1. The van der Waals surface area contributed by atoms with Gasteiger partial charge in [0.2, 0.25) is 11.8 Å². The van der Waals surface area contributed by atoms with Crippen molar-refractivity contribution in [2.75, 3.05) is 45.7 Å². The van der Waals surface area contributed by atoms with Gasteiger partial charge < -0.3 is 15.0 Å². The lowest BCUT2D eigenvalue weighted by Gasteiger charge is -2.22. The van der Waals surface area contributed by atoms with E-state index in [4.69, 9.17) is 16.3 Å². The number of carbonyl (C=O) groups is 3. The molecule has 162 valence electrons. The Morgan fingerprint density at radius 3 is 2.37 bits per heavy atom. The average molecular weight is 452 g/mol. The van der Waals surface area contributed by atoms with Gasteiger partial charge in [0, 0.05) is 34.6 Å². The van der Waals surface area contributed by atoms with Crippen LogP contribution in [0.4, 0.5) is 5.00 Å². The zero-order valence-corrected chi connectivity index (χ0v) is 19.1. The van der Waals surface area contributed by atoms with Crippen LogP contribution in [0.5, 0.6) is 0 Å². The first-order valence-electron chi connectivity index (χ1n) is 9.53. The van der Waals surface area contributed by atoms with Crippen molar-refractivity contribution in [1.29, 1.82) is 0 Å². The first-order valence-corrected chi connectivity index (χ1v) is 10.8. The molecule has 0 aliphatic rings. The standard InChI is InChI=1S/C21H26ClN3O4S/c1-5-25(6-2)18(27)12-24(3)11-17(26)23-20-19(21(28)29-4)15(13-30-20)14-9-7-8-10-16(14)22/h7-10,13H,5-6,11-12H2,1-4H3,(H,23,26). The molecule has 2 aromatic rings. The summed E-state index contributed by atoms with van der Waals surface area (Å²) in [6.45, 7) is 5.21. The second-order valence-electron chi connectivity index (χ2n) is 6.61. The molecule has 9 heteroatoms. The lowest BCUT2D eigenvalue weighted by Crippen LogP contribution is -2.41. The number of hydrogen-bond donors (Lipinski definition) is 1. The third-order valence-electron chi connectivity index (χ3n) is 4.53. The van der Waals surface area contributed by atoms with Crippen molar-refractivity contribution in [1.82, 2.24) is 9.80 Å². The first kappa shape index (κ1) is 23.9. The molecule has 30 heavy (non-hydrogen) atoms. The molecule has 2 amide bonds. The van der Waals surface area contributed by atoms with Crippen LogP contribution in [0.15, 0.2) is 29.6 Å². The molecule has 0 saturated carbocycles. The highest BCUT2D eigenvalue weighted by atomic mass is 35.5. The molecule has 7 nitrogen and oxygen atoms in total. The molecular formula is C21H26ClN3O4S. The Morgan fingerprint density at radius 2 is 1.77 bits per heavy atom. The summed E-state index contributed by atoms with van der Waals surface area (Å²) < 4.78 is 4.92. The number of hydrogen-bond acceptors (Lipinski definition) is 6. The number of anilines is 1. The van der Waals surface area contributed by atoms with Gasteiger partial charge >= 0.3 is 5.97 Å². The quantitative estimate of drug-likeness (QED) is 0.589. The van der Waals surface area contributed by atoms with Crippen LogP contribution in [0.25, 0.3) is 11.1 Å². The van der Waals surface area contributed by atoms with Crippen LogP contribution in [-0.4, -0.2) is 67.9 Å². The number of nitrogens with one attached hydrogen (secondary N) is 1. The highest BCUT2D eigenvalue weighted by molar-refractivity contribution is 7.15. The number of benzene rings is 1. The molecular weight excluding hydrogens is 426 g/mol. The molecule has 0 spiro atoms. The van der Waals surface area contributed by atoms with Crippen molar-refractivity contribution in [3.8, 4) is 11.1 Å². The van der Waals surface area contributed by atoms with Gasteiger partial charge in [0.1, 0.15) is 10.6 Å². The summed E-state index contributed by atoms with van der Waals surface area (Å²) in [5.41, 5.74) is 1.53. The summed E-state index contributed by atoms with van der Waals surface area (Å²) in [6.07, 6.45) is 0. The minimum absolute atomic E-state index is 0.00689. The maximum atomic E-state index is 12.5. The first-order chi connectivity index (χ1) is 14.3. The predicted molar refractivity (Wildman–Crippen MR) is 120 cm³/mol. The zero-order chi connectivity index (χ0) is 22.3. The number of nitrogens with zero attached hydrogens (tertiary/aromatic N) is 2. The second kappa shape index (κ2) is 11.1. The van der Waals surface area contributed by atoms with Gasteiger partial charge in [-0.15, -0.1) is 11.3 Å². The van der Waals surface area contributed by atoms with Crippen LogP contribution in [0.1, 0.15) is 24.2 Å². The van der Waals surface area contributed by atoms with Crippen LogP contribution < -0.4 is 5.32 Å². The van der Waals surface area contributed by atoms with E-state index in [1.54, 1.807) is 40.4 Å². The molecule has 1 N–H and O–H groups in total. The van der Waals surface area contributed by atoms with Crippen molar-refractivity contribution in [2.24, 2.45) is 0 Å². The Labute approximate surface area is 185 Å². The topological polar surface area (TPSA) is 79.0 Å². The monoisotopic (exact) mass is 451 g/mol. The molecule has 0 aliphatic heterocycles. The fourth-order valence-electron chi connectivity index (χ4n) is 3.01. The van der Waals surface area contributed by atoms with E-state index in [-0.39, 0.29) is 30.5 Å². The van der Waals surface area contributed by atoms with Crippen molar-refractivity contribution >= 4 is 45.7 Å². The summed E-state index contributed by atoms with van der Waals surface area (Å²) in [5.74, 6) is -0.934. The second-order valence-corrected chi connectivity index (χ2v) is 7.90. The van der Waals surface area contributed by atoms with E-state index in [1.807, 2.05) is 19.9 Å². The number of esters is 1. The van der Waals surface area contributed by atoms with E-state index < -0.39 is 5.97 Å². The molecule has 0 unspecified atom stereocenters. The lowest BCUT2D eigenvalue weighted by molar-refractivity contribution is -0.132. The number of likely N-dealkylation sites (N-methyl/N-ethyl adjacent to an activating group) is 2. The predicted octanol–water partition coefficient (Wildman–Crippen LogP) is 3.59. The lowest BCUT2D eigenvalue weighted by atomic mass is 10.0. The SMILES string of the molecule is CCN(CC)C(=O)CN(C)CC(=O)Nc1scc(-c2ccccc2Cl)c1C(=O)OC. The van der Waals surface area contributed by atoms with Gasteiger partial charge in [-0.2, -0.15) is 0 Å². The number of halogens is 1. The van der Waals surface area contributed by atoms with E-state index in [0.29, 0.717) is 34.2 Å². The zero-order valence-electron chi connectivity index (χ0n) is 17.5. The third kappa shape index (κ3) is 5.81. The van der Waals surface area contributed by atoms with E-state index in [9.17, 15) is 14.4 Å². The molecule has 0 radical (unpaired) electrons. The van der Waals surface area contributed by atoms with Crippen molar-refractivity contribution in [3.05, 3.63) is 40.2 Å². The van der Waals surface area contributed by atoms with Crippen LogP contribution in [0.2, 0.25) is 5.02 Å². The summed E-state index contributed by atoms with van der Waals surface area (Å²) in [5, 5.41) is 5.40. The van der Waals surface area contributed by atoms with E-state index in [2.05, 4.69) is 5.32 Å². The van der Waals surface area contributed by atoms with Crippen LogP contribution in [0, 0.1) is 0 Å². The van der Waals surface area contributed by atoms with Crippen LogP contribution >= 0.6 is 22.9 Å². The molecule has 0 atom stereocenters. The van der Waals surface area contributed by atoms with E-state index in [0.717, 1.165) is 0 Å². The molecule has 1 aromatic heterocycles. The molecule has 0 aliphatic carbocycles.